The predicted octanol–water partition coefficient (Wildman–Crippen LogP) is 3.74. The van der Waals surface area contributed by atoms with Crippen molar-refractivity contribution in [2.24, 2.45) is 0 Å². The molecule has 0 bridgehead atoms. The Balaban J connectivity index is 1.46. The molecule has 1 amide bonds. The van der Waals surface area contributed by atoms with Crippen LogP contribution in [0.4, 0.5) is 5.13 Å². The maximum absolute atomic E-state index is 12.6. The van der Waals surface area contributed by atoms with Crippen LogP contribution in [0.3, 0.4) is 0 Å². The van der Waals surface area contributed by atoms with Crippen LogP contribution in [0, 0.1) is 0 Å². The number of amides is 1. The van der Waals surface area contributed by atoms with Crippen LogP contribution in [-0.4, -0.2) is 42.1 Å². The Hall–Kier alpha value is -2.12. The van der Waals surface area contributed by atoms with Crippen molar-refractivity contribution in [1.29, 1.82) is 0 Å². The summed E-state index contributed by atoms with van der Waals surface area (Å²) in [5, 5.41) is 5.45. The van der Waals surface area contributed by atoms with Crippen molar-refractivity contribution in [2.45, 2.75) is 44.1 Å². The summed E-state index contributed by atoms with van der Waals surface area (Å²) in [5.41, 5.74) is 2.79. The van der Waals surface area contributed by atoms with E-state index in [2.05, 4.69) is 34.3 Å². The van der Waals surface area contributed by atoms with Gasteiger partial charge in [0.05, 0.1) is 6.54 Å². The zero-order valence-corrected chi connectivity index (χ0v) is 16.9. The molecule has 148 valence electrons. The molecule has 5 rings (SSSR count). The molecule has 3 heterocycles. The van der Waals surface area contributed by atoms with Crippen molar-refractivity contribution in [3.63, 3.8) is 0 Å². The second-order valence-corrected chi connectivity index (χ2v) is 8.93. The average Bonchev–Trinajstić information content (AvgIpc) is 3.37. The van der Waals surface area contributed by atoms with Crippen molar-refractivity contribution >= 4 is 22.4 Å². The van der Waals surface area contributed by atoms with Gasteiger partial charge in [-0.2, -0.15) is 0 Å². The molecular formula is C21H25N3O3S. The largest absolute Gasteiger partial charge is 0.486 e. The predicted molar refractivity (Wildman–Crippen MR) is 108 cm³/mol. The first-order valence-corrected chi connectivity index (χ1v) is 10.9. The Morgan fingerprint density at radius 3 is 2.75 bits per heavy atom. The van der Waals surface area contributed by atoms with Gasteiger partial charge < -0.3 is 14.8 Å². The number of ether oxygens (including phenoxy) is 2. The van der Waals surface area contributed by atoms with Gasteiger partial charge in [-0.1, -0.05) is 12.8 Å². The molecule has 1 fully saturated rings. The molecule has 7 heteroatoms. The Bertz CT molecular complexity index is 877. The Labute approximate surface area is 168 Å². The quantitative estimate of drug-likeness (QED) is 0.852. The molecule has 6 nitrogen and oxygen atoms in total. The van der Waals surface area contributed by atoms with E-state index in [0.29, 0.717) is 24.9 Å². The SMILES string of the molecule is CC1c2cc3c(cc2C2(CCCC2)CN1CC(=O)Nc1nccs1)OCCO3. The summed E-state index contributed by atoms with van der Waals surface area (Å²) < 4.78 is 11.7. The van der Waals surface area contributed by atoms with Gasteiger partial charge in [0.25, 0.3) is 0 Å². The number of fused-ring (bicyclic) bond motifs is 3. The highest BCUT2D eigenvalue weighted by atomic mass is 32.1. The smallest absolute Gasteiger partial charge is 0.240 e. The summed E-state index contributed by atoms with van der Waals surface area (Å²) >= 11 is 1.44. The number of aromatic nitrogens is 1. The summed E-state index contributed by atoms with van der Waals surface area (Å²) in [7, 11) is 0. The molecule has 1 atom stereocenters. The van der Waals surface area contributed by atoms with E-state index in [1.54, 1.807) is 6.20 Å². The third-order valence-corrected chi connectivity index (χ3v) is 7.06. The van der Waals surface area contributed by atoms with Crippen LogP contribution in [0.1, 0.15) is 49.8 Å². The standard InChI is InChI=1S/C21H25N3O3S/c1-14-15-10-17-18(27-8-7-26-17)11-16(15)21(4-2-3-5-21)13-24(14)12-19(25)23-20-22-6-9-28-20/h6,9-11,14H,2-5,7-8,12-13H2,1H3,(H,22,23,25). The molecule has 1 aromatic heterocycles. The number of anilines is 1. The van der Waals surface area contributed by atoms with Crippen molar-refractivity contribution in [3.8, 4) is 11.5 Å². The van der Waals surface area contributed by atoms with Gasteiger partial charge in [0, 0.05) is 29.6 Å². The maximum Gasteiger partial charge on any atom is 0.240 e. The van der Waals surface area contributed by atoms with E-state index < -0.39 is 0 Å². The molecule has 2 aliphatic heterocycles. The monoisotopic (exact) mass is 399 g/mol. The van der Waals surface area contributed by atoms with Gasteiger partial charge in [-0.3, -0.25) is 9.69 Å². The third-order valence-electron chi connectivity index (χ3n) is 6.38. The Kier molecular flexibility index (Phi) is 4.51. The summed E-state index contributed by atoms with van der Waals surface area (Å²) in [6.45, 7) is 4.67. The van der Waals surface area contributed by atoms with Gasteiger partial charge in [-0.05, 0) is 43.0 Å². The molecule has 2 aromatic rings. The molecular weight excluding hydrogens is 374 g/mol. The van der Waals surface area contributed by atoms with E-state index in [1.807, 2.05) is 5.38 Å². The fourth-order valence-electron chi connectivity index (χ4n) is 5.02. The Morgan fingerprint density at radius 1 is 1.29 bits per heavy atom. The van der Waals surface area contributed by atoms with Gasteiger partial charge >= 0.3 is 0 Å². The van der Waals surface area contributed by atoms with E-state index in [-0.39, 0.29) is 17.4 Å². The van der Waals surface area contributed by atoms with Crippen molar-refractivity contribution in [2.75, 3.05) is 31.6 Å². The second kappa shape index (κ2) is 7.04. The summed E-state index contributed by atoms with van der Waals surface area (Å²) in [4.78, 5) is 19.1. The molecule has 0 radical (unpaired) electrons. The van der Waals surface area contributed by atoms with Crippen LogP contribution in [0.5, 0.6) is 11.5 Å². The average molecular weight is 400 g/mol. The fraction of sp³-hybridized carbons (Fsp3) is 0.524. The highest BCUT2D eigenvalue weighted by Gasteiger charge is 2.45. The van der Waals surface area contributed by atoms with Gasteiger partial charge in [0.2, 0.25) is 5.91 Å². The highest BCUT2D eigenvalue weighted by Crippen LogP contribution is 2.51. The lowest BCUT2D eigenvalue weighted by molar-refractivity contribution is -0.118. The number of hydrogen-bond donors (Lipinski definition) is 1. The molecule has 1 N–H and O–H groups in total. The number of nitrogens with zero attached hydrogens (tertiary/aromatic N) is 2. The number of rotatable bonds is 3. The molecule has 1 aromatic carbocycles. The van der Waals surface area contributed by atoms with E-state index >= 15 is 0 Å². The van der Waals surface area contributed by atoms with Crippen LogP contribution in [0.2, 0.25) is 0 Å². The van der Waals surface area contributed by atoms with Crippen LogP contribution >= 0.6 is 11.3 Å². The van der Waals surface area contributed by atoms with Crippen molar-refractivity contribution in [1.82, 2.24) is 9.88 Å². The summed E-state index contributed by atoms with van der Waals surface area (Å²) in [6, 6.07) is 4.53. The normalized spacial score (nSPS) is 22.8. The summed E-state index contributed by atoms with van der Waals surface area (Å²) in [5.74, 6) is 1.70. The maximum atomic E-state index is 12.6. The molecule has 1 spiro atoms. The minimum Gasteiger partial charge on any atom is -0.486 e. The molecule has 0 saturated heterocycles. The van der Waals surface area contributed by atoms with Crippen LogP contribution < -0.4 is 14.8 Å². The number of benzene rings is 1. The van der Waals surface area contributed by atoms with Crippen LogP contribution in [0.25, 0.3) is 0 Å². The fourth-order valence-corrected chi connectivity index (χ4v) is 5.56. The van der Waals surface area contributed by atoms with Crippen LogP contribution in [0.15, 0.2) is 23.7 Å². The number of carbonyl (C=O) groups excluding carboxylic acids is 1. The van der Waals surface area contributed by atoms with Crippen molar-refractivity contribution in [3.05, 3.63) is 34.8 Å². The third kappa shape index (κ3) is 3.06. The van der Waals surface area contributed by atoms with Gasteiger partial charge in [-0.15, -0.1) is 11.3 Å². The van der Waals surface area contributed by atoms with E-state index in [0.717, 1.165) is 30.9 Å². The minimum atomic E-state index is -0.00376. The van der Waals surface area contributed by atoms with Crippen LogP contribution in [-0.2, 0) is 10.2 Å². The first-order valence-electron chi connectivity index (χ1n) is 10.0. The van der Waals surface area contributed by atoms with Gasteiger partial charge in [-0.25, -0.2) is 4.98 Å². The molecule has 1 aliphatic carbocycles. The van der Waals surface area contributed by atoms with Gasteiger partial charge in [0.15, 0.2) is 16.6 Å². The van der Waals surface area contributed by atoms with E-state index in [9.17, 15) is 4.79 Å². The molecule has 1 saturated carbocycles. The number of carbonyl (C=O) groups is 1. The second-order valence-electron chi connectivity index (χ2n) is 8.04. The topological polar surface area (TPSA) is 63.7 Å². The van der Waals surface area contributed by atoms with Gasteiger partial charge in [0.1, 0.15) is 13.2 Å². The summed E-state index contributed by atoms with van der Waals surface area (Å²) in [6.07, 6.45) is 6.51. The lowest BCUT2D eigenvalue weighted by atomic mass is 9.71. The lowest BCUT2D eigenvalue weighted by Crippen LogP contribution is -2.48. The van der Waals surface area contributed by atoms with Crippen molar-refractivity contribution < 1.29 is 14.3 Å². The first kappa shape index (κ1) is 17.9. The lowest BCUT2D eigenvalue weighted by Gasteiger charge is -2.46. The highest BCUT2D eigenvalue weighted by molar-refractivity contribution is 7.13. The van der Waals surface area contributed by atoms with E-state index in [4.69, 9.17) is 9.47 Å². The first-order chi connectivity index (χ1) is 13.6. The number of hydrogen-bond acceptors (Lipinski definition) is 6. The minimum absolute atomic E-state index is 0.00376. The van der Waals surface area contributed by atoms with E-state index in [1.165, 1.54) is 35.3 Å². The molecule has 28 heavy (non-hydrogen) atoms. The number of thiazole rings is 1. The molecule has 3 aliphatic rings. The zero-order chi connectivity index (χ0) is 19.1. The molecule has 1 unspecified atom stereocenters. The Morgan fingerprint density at radius 2 is 2.04 bits per heavy atom. The zero-order valence-electron chi connectivity index (χ0n) is 16.1. The number of nitrogens with one attached hydrogen (secondary N) is 1.